The van der Waals surface area contributed by atoms with Crippen LogP contribution in [0.15, 0.2) is 60.7 Å². The molecule has 0 saturated carbocycles. The van der Waals surface area contributed by atoms with E-state index in [9.17, 15) is 0 Å². The fourth-order valence-electron chi connectivity index (χ4n) is 2.53. The molecule has 0 atom stereocenters. The zero-order valence-corrected chi connectivity index (χ0v) is 13.3. The summed E-state index contributed by atoms with van der Waals surface area (Å²) in [5.41, 5.74) is 11.5. The van der Waals surface area contributed by atoms with E-state index in [1.54, 1.807) is 0 Å². The molecule has 0 spiro atoms. The standard InChI is InChI=1S/C16H24N4Si/c17-11-13-19-21(20-14-12-18,15-7-3-1-4-8-15)16-9-5-2-6-10-16/h1-10,19-20H,11-14,17-18H2. The molecule has 112 valence electrons. The zero-order valence-electron chi connectivity index (χ0n) is 12.3. The van der Waals surface area contributed by atoms with Crippen molar-refractivity contribution in [2.24, 2.45) is 11.5 Å². The summed E-state index contributed by atoms with van der Waals surface area (Å²) in [6.45, 7) is 2.76. The maximum Gasteiger partial charge on any atom is 0.267 e. The largest absolute Gasteiger partial charge is 0.329 e. The van der Waals surface area contributed by atoms with Crippen molar-refractivity contribution in [3.05, 3.63) is 60.7 Å². The Morgan fingerprint density at radius 1 is 0.667 bits per heavy atom. The van der Waals surface area contributed by atoms with Gasteiger partial charge in [-0.25, -0.2) is 0 Å². The SMILES string of the molecule is NCCN[Si](NCCN)(c1ccccc1)c1ccccc1. The molecule has 0 aliphatic carbocycles. The third-order valence-electron chi connectivity index (χ3n) is 3.48. The number of nitrogens with one attached hydrogen (secondary N) is 2. The average molecular weight is 300 g/mol. The minimum absolute atomic E-state index is 0.610. The van der Waals surface area contributed by atoms with Gasteiger partial charge in [-0.2, -0.15) is 0 Å². The summed E-state index contributed by atoms with van der Waals surface area (Å²) in [6.07, 6.45) is 0. The second kappa shape index (κ2) is 8.07. The molecule has 6 N–H and O–H groups in total. The van der Waals surface area contributed by atoms with Gasteiger partial charge in [0.2, 0.25) is 0 Å². The quantitative estimate of drug-likeness (QED) is 0.488. The minimum atomic E-state index is -2.25. The molecule has 2 aromatic rings. The van der Waals surface area contributed by atoms with E-state index in [0.29, 0.717) is 13.1 Å². The Labute approximate surface area is 127 Å². The highest BCUT2D eigenvalue weighted by molar-refractivity contribution is 6.98. The molecule has 0 heterocycles. The summed E-state index contributed by atoms with van der Waals surface area (Å²) < 4.78 is 0. The maximum absolute atomic E-state index is 5.73. The van der Waals surface area contributed by atoms with Gasteiger partial charge in [-0.1, -0.05) is 60.7 Å². The van der Waals surface area contributed by atoms with E-state index in [0.717, 1.165) is 13.1 Å². The van der Waals surface area contributed by atoms with Crippen LogP contribution in [-0.4, -0.2) is 34.6 Å². The highest BCUT2D eigenvalue weighted by Gasteiger charge is 2.37. The van der Waals surface area contributed by atoms with Crippen molar-refractivity contribution >= 4 is 18.8 Å². The summed E-state index contributed by atoms with van der Waals surface area (Å²) in [5, 5.41) is 2.58. The summed E-state index contributed by atoms with van der Waals surface area (Å²) in [5.74, 6) is 0. The molecule has 0 amide bonds. The first-order chi connectivity index (χ1) is 10.3. The summed E-state index contributed by atoms with van der Waals surface area (Å²) >= 11 is 0. The van der Waals surface area contributed by atoms with E-state index < -0.39 is 8.40 Å². The molecule has 4 nitrogen and oxygen atoms in total. The van der Waals surface area contributed by atoms with Gasteiger partial charge in [0.05, 0.1) is 0 Å². The lowest BCUT2D eigenvalue weighted by molar-refractivity contribution is 0.815. The predicted molar refractivity (Wildman–Crippen MR) is 92.0 cm³/mol. The van der Waals surface area contributed by atoms with Gasteiger partial charge in [-0.15, -0.1) is 0 Å². The van der Waals surface area contributed by atoms with Gasteiger partial charge < -0.3 is 21.4 Å². The molecule has 0 unspecified atom stereocenters. The first-order valence-corrected chi connectivity index (χ1v) is 9.34. The van der Waals surface area contributed by atoms with Gasteiger partial charge in [0.25, 0.3) is 8.40 Å². The van der Waals surface area contributed by atoms with Crippen LogP contribution >= 0.6 is 0 Å². The third kappa shape index (κ3) is 3.78. The molecular weight excluding hydrogens is 276 g/mol. The van der Waals surface area contributed by atoms with E-state index in [4.69, 9.17) is 11.5 Å². The smallest absolute Gasteiger partial charge is 0.267 e. The second-order valence-corrected chi connectivity index (χ2v) is 8.27. The molecule has 0 fully saturated rings. The third-order valence-corrected chi connectivity index (χ3v) is 7.44. The monoisotopic (exact) mass is 300 g/mol. The average Bonchev–Trinajstić information content (AvgIpc) is 2.57. The second-order valence-electron chi connectivity index (χ2n) is 4.91. The lowest BCUT2D eigenvalue weighted by Crippen LogP contribution is -2.78. The topological polar surface area (TPSA) is 76.1 Å². The molecule has 2 aromatic carbocycles. The van der Waals surface area contributed by atoms with Gasteiger partial charge in [0, 0.05) is 26.2 Å². The van der Waals surface area contributed by atoms with E-state index in [2.05, 4.69) is 58.5 Å². The number of benzene rings is 2. The molecule has 0 aliphatic heterocycles. The van der Waals surface area contributed by atoms with Crippen LogP contribution in [0.25, 0.3) is 0 Å². The van der Waals surface area contributed by atoms with Crippen LogP contribution in [0, 0.1) is 0 Å². The number of nitrogens with two attached hydrogens (primary N) is 2. The highest BCUT2D eigenvalue weighted by atomic mass is 28.3. The Hall–Kier alpha value is -1.50. The Balaban J connectivity index is 2.48. The van der Waals surface area contributed by atoms with Crippen LogP contribution in [0.4, 0.5) is 0 Å². The Bertz CT molecular complexity index is 469. The molecule has 0 aliphatic rings. The molecule has 21 heavy (non-hydrogen) atoms. The van der Waals surface area contributed by atoms with Gasteiger partial charge in [0.1, 0.15) is 0 Å². The van der Waals surface area contributed by atoms with E-state index in [-0.39, 0.29) is 0 Å². The molecule has 2 rings (SSSR count). The summed E-state index contributed by atoms with van der Waals surface area (Å²) in [6, 6.07) is 21.1. The normalized spacial score (nSPS) is 11.5. The zero-order chi connectivity index (χ0) is 15.0. The molecule has 0 bridgehead atoms. The molecule has 0 aromatic heterocycles. The van der Waals surface area contributed by atoms with E-state index >= 15 is 0 Å². The first-order valence-electron chi connectivity index (χ1n) is 7.34. The van der Waals surface area contributed by atoms with Crippen LogP contribution in [0.1, 0.15) is 0 Å². The van der Waals surface area contributed by atoms with Crippen molar-refractivity contribution in [3.8, 4) is 0 Å². The maximum atomic E-state index is 5.73. The Morgan fingerprint density at radius 2 is 1.05 bits per heavy atom. The number of rotatable bonds is 8. The molecule has 0 saturated heterocycles. The van der Waals surface area contributed by atoms with Crippen molar-refractivity contribution in [1.82, 2.24) is 9.96 Å². The van der Waals surface area contributed by atoms with Crippen LogP contribution in [0.5, 0.6) is 0 Å². The number of hydrogen-bond acceptors (Lipinski definition) is 4. The predicted octanol–water partition coefficient (Wildman–Crippen LogP) is -0.660. The van der Waals surface area contributed by atoms with Crippen molar-refractivity contribution in [2.45, 2.75) is 0 Å². The Morgan fingerprint density at radius 3 is 1.38 bits per heavy atom. The van der Waals surface area contributed by atoms with Crippen molar-refractivity contribution < 1.29 is 0 Å². The Kier molecular flexibility index (Phi) is 6.10. The van der Waals surface area contributed by atoms with Crippen LogP contribution < -0.4 is 31.8 Å². The minimum Gasteiger partial charge on any atom is -0.329 e. The van der Waals surface area contributed by atoms with Crippen molar-refractivity contribution in [2.75, 3.05) is 26.2 Å². The molecule has 0 radical (unpaired) electrons. The lowest BCUT2D eigenvalue weighted by Gasteiger charge is -2.34. The fourth-order valence-corrected chi connectivity index (χ4v) is 6.23. The van der Waals surface area contributed by atoms with Crippen LogP contribution in [0.3, 0.4) is 0 Å². The highest BCUT2D eigenvalue weighted by Crippen LogP contribution is 1.99. The summed E-state index contributed by atoms with van der Waals surface area (Å²) in [7, 11) is -2.25. The number of hydrogen-bond donors (Lipinski definition) is 4. The van der Waals surface area contributed by atoms with Gasteiger partial charge in [-0.3, -0.25) is 0 Å². The molecule has 5 heteroatoms. The first kappa shape index (κ1) is 15.9. The van der Waals surface area contributed by atoms with E-state index in [1.165, 1.54) is 10.4 Å². The van der Waals surface area contributed by atoms with Crippen molar-refractivity contribution in [1.29, 1.82) is 0 Å². The fraction of sp³-hybridized carbons (Fsp3) is 0.250. The molecular formula is C16H24N4Si. The van der Waals surface area contributed by atoms with E-state index in [1.807, 2.05) is 12.1 Å². The van der Waals surface area contributed by atoms with Gasteiger partial charge in [0.15, 0.2) is 0 Å². The van der Waals surface area contributed by atoms with Crippen molar-refractivity contribution in [3.63, 3.8) is 0 Å². The van der Waals surface area contributed by atoms with Gasteiger partial charge >= 0.3 is 0 Å². The summed E-state index contributed by atoms with van der Waals surface area (Å²) in [4.78, 5) is 7.40. The van der Waals surface area contributed by atoms with Gasteiger partial charge in [-0.05, 0) is 10.4 Å². The van der Waals surface area contributed by atoms with Crippen LogP contribution in [0.2, 0.25) is 0 Å². The van der Waals surface area contributed by atoms with Crippen LogP contribution in [-0.2, 0) is 0 Å². The lowest BCUT2D eigenvalue weighted by atomic mass is 10.4.